The summed E-state index contributed by atoms with van der Waals surface area (Å²) in [5.41, 5.74) is 11.5. The Kier molecular flexibility index (Phi) is 4.77. The summed E-state index contributed by atoms with van der Waals surface area (Å²) in [7, 11) is 0. The summed E-state index contributed by atoms with van der Waals surface area (Å²) in [4.78, 5) is 15.6. The molecule has 0 atom stereocenters. The van der Waals surface area contributed by atoms with Crippen molar-refractivity contribution >= 4 is 11.6 Å². The van der Waals surface area contributed by atoms with Gasteiger partial charge in [-0.05, 0) is 31.5 Å². The number of rotatable bonds is 6. The minimum atomic E-state index is 0.0672. The lowest BCUT2D eigenvalue weighted by Crippen LogP contribution is -2.05. The zero-order valence-electron chi connectivity index (χ0n) is 8.78. The molecule has 1 rings (SSSR count). The lowest BCUT2D eigenvalue weighted by Gasteiger charge is -2.02. The Morgan fingerprint density at radius 3 is 2.80 bits per heavy atom. The normalized spacial score (nSPS) is 10.2. The second kappa shape index (κ2) is 6.14. The van der Waals surface area contributed by atoms with E-state index in [0.717, 1.165) is 19.3 Å². The summed E-state index contributed by atoms with van der Waals surface area (Å²) in [6, 6.07) is 3.44. The molecule has 0 fully saturated rings. The highest BCUT2D eigenvalue weighted by Crippen LogP contribution is 2.12. The van der Waals surface area contributed by atoms with Gasteiger partial charge >= 0.3 is 0 Å². The fourth-order valence-corrected chi connectivity index (χ4v) is 1.39. The maximum absolute atomic E-state index is 11.7. The van der Waals surface area contributed by atoms with Crippen molar-refractivity contribution in [1.82, 2.24) is 4.98 Å². The molecule has 0 aliphatic heterocycles. The number of pyridine rings is 1. The van der Waals surface area contributed by atoms with Crippen LogP contribution in [0.15, 0.2) is 18.3 Å². The molecule has 1 aromatic heterocycles. The zero-order valence-corrected chi connectivity index (χ0v) is 8.78. The molecule has 0 amide bonds. The van der Waals surface area contributed by atoms with Crippen LogP contribution in [0.2, 0.25) is 0 Å². The van der Waals surface area contributed by atoms with Crippen LogP contribution in [0.5, 0.6) is 0 Å². The second-order valence-corrected chi connectivity index (χ2v) is 3.46. The van der Waals surface area contributed by atoms with Crippen LogP contribution in [0.1, 0.15) is 36.0 Å². The molecule has 1 aromatic rings. The number of nitrogens with two attached hydrogens (primary N) is 2. The van der Waals surface area contributed by atoms with E-state index < -0.39 is 0 Å². The van der Waals surface area contributed by atoms with Crippen LogP contribution in [-0.2, 0) is 0 Å². The van der Waals surface area contributed by atoms with E-state index >= 15 is 0 Å². The van der Waals surface area contributed by atoms with E-state index in [1.165, 1.54) is 0 Å². The Bertz CT molecular complexity index is 325. The molecule has 15 heavy (non-hydrogen) atoms. The van der Waals surface area contributed by atoms with Gasteiger partial charge in [-0.25, -0.2) is 4.98 Å². The second-order valence-electron chi connectivity index (χ2n) is 3.46. The molecule has 82 valence electrons. The van der Waals surface area contributed by atoms with Crippen LogP contribution in [0.3, 0.4) is 0 Å². The molecule has 0 aliphatic carbocycles. The predicted octanol–water partition coefficient (Wildman–Crippen LogP) is 1.37. The van der Waals surface area contributed by atoms with Crippen molar-refractivity contribution in [1.29, 1.82) is 0 Å². The fraction of sp³-hybridized carbons (Fsp3) is 0.455. The SMILES string of the molecule is NCCCCCC(=O)c1cccnc1N. The Hall–Kier alpha value is -1.42. The van der Waals surface area contributed by atoms with Gasteiger partial charge in [-0.2, -0.15) is 0 Å². The van der Waals surface area contributed by atoms with Crippen LogP contribution in [0.4, 0.5) is 5.82 Å². The van der Waals surface area contributed by atoms with Gasteiger partial charge in [0.1, 0.15) is 5.82 Å². The molecule has 1 heterocycles. The largest absolute Gasteiger partial charge is 0.383 e. The number of hydrogen-bond donors (Lipinski definition) is 2. The summed E-state index contributed by atoms with van der Waals surface area (Å²) < 4.78 is 0. The highest BCUT2D eigenvalue weighted by atomic mass is 16.1. The number of Topliss-reactive ketones (excluding diaryl/α,β-unsaturated/α-hetero) is 1. The first-order chi connectivity index (χ1) is 7.25. The number of anilines is 1. The van der Waals surface area contributed by atoms with E-state index in [9.17, 15) is 4.79 Å². The molecule has 4 heteroatoms. The molecule has 0 spiro atoms. The topological polar surface area (TPSA) is 82.0 Å². The van der Waals surface area contributed by atoms with Crippen molar-refractivity contribution in [3.05, 3.63) is 23.9 Å². The lowest BCUT2D eigenvalue weighted by molar-refractivity contribution is 0.0980. The number of carbonyl (C=O) groups is 1. The average molecular weight is 207 g/mol. The first kappa shape index (κ1) is 11.7. The van der Waals surface area contributed by atoms with E-state index in [-0.39, 0.29) is 5.78 Å². The van der Waals surface area contributed by atoms with Gasteiger partial charge in [-0.1, -0.05) is 6.42 Å². The monoisotopic (exact) mass is 207 g/mol. The average Bonchev–Trinajstić information content (AvgIpc) is 2.25. The van der Waals surface area contributed by atoms with Gasteiger partial charge in [-0.3, -0.25) is 4.79 Å². The minimum absolute atomic E-state index is 0.0672. The van der Waals surface area contributed by atoms with Crippen molar-refractivity contribution < 1.29 is 4.79 Å². The van der Waals surface area contributed by atoms with Crippen LogP contribution in [-0.4, -0.2) is 17.3 Å². The number of aromatic nitrogens is 1. The maximum Gasteiger partial charge on any atom is 0.166 e. The molecule has 0 aliphatic rings. The minimum Gasteiger partial charge on any atom is -0.383 e. The van der Waals surface area contributed by atoms with Crippen LogP contribution >= 0.6 is 0 Å². The third kappa shape index (κ3) is 3.67. The summed E-state index contributed by atoms with van der Waals surface area (Å²) in [6.07, 6.45) is 4.93. The van der Waals surface area contributed by atoms with Gasteiger partial charge in [0.15, 0.2) is 5.78 Å². The Morgan fingerprint density at radius 2 is 2.13 bits per heavy atom. The molecule has 0 saturated heterocycles. The predicted molar refractivity (Wildman–Crippen MR) is 60.5 cm³/mol. The molecule has 0 unspecified atom stereocenters. The Balaban J connectivity index is 2.44. The van der Waals surface area contributed by atoms with Crippen LogP contribution in [0.25, 0.3) is 0 Å². The quantitative estimate of drug-likeness (QED) is 0.545. The van der Waals surface area contributed by atoms with E-state index in [4.69, 9.17) is 11.5 Å². The highest BCUT2D eigenvalue weighted by molar-refractivity contribution is 5.99. The number of ketones is 1. The van der Waals surface area contributed by atoms with E-state index in [1.807, 2.05) is 0 Å². The molecule has 4 nitrogen and oxygen atoms in total. The van der Waals surface area contributed by atoms with Gasteiger partial charge in [0.25, 0.3) is 0 Å². The number of carbonyl (C=O) groups excluding carboxylic acids is 1. The molecular formula is C11H17N3O. The summed E-state index contributed by atoms with van der Waals surface area (Å²) >= 11 is 0. The number of unbranched alkanes of at least 4 members (excludes halogenated alkanes) is 2. The number of nitrogens with zero attached hydrogens (tertiary/aromatic N) is 1. The number of nitrogen functional groups attached to an aromatic ring is 1. The first-order valence-electron chi connectivity index (χ1n) is 5.19. The van der Waals surface area contributed by atoms with Crippen LogP contribution < -0.4 is 11.5 Å². The van der Waals surface area contributed by atoms with Gasteiger partial charge in [0, 0.05) is 12.6 Å². The molecule has 0 bridgehead atoms. The number of hydrogen-bond acceptors (Lipinski definition) is 4. The van der Waals surface area contributed by atoms with Crippen molar-refractivity contribution in [3.8, 4) is 0 Å². The van der Waals surface area contributed by atoms with E-state index in [1.54, 1.807) is 18.3 Å². The smallest absolute Gasteiger partial charge is 0.166 e. The van der Waals surface area contributed by atoms with Crippen molar-refractivity contribution in [3.63, 3.8) is 0 Å². The van der Waals surface area contributed by atoms with Gasteiger partial charge < -0.3 is 11.5 Å². The van der Waals surface area contributed by atoms with Crippen molar-refractivity contribution in [2.75, 3.05) is 12.3 Å². The Labute approximate surface area is 89.7 Å². The third-order valence-corrected chi connectivity index (χ3v) is 2.25. The fourth-order valence-electron chi connectivity index (χ4n) is 1.39. The van der Waals surface area contributed by atoms with Gasteiger partial charge in [-0.15, -0.1) is 0 Å². The molecule has 4 N–H and O–H groups in total. The maximum atomic E-state index is 11.7. The Morgan fingerprint density at radius 1 is 1.33 bits per heavy atom. The first-order valence-corrected chi connectivity index (χ1v) is 5.19. The lowest BCUT2D eigenvalue weighted by atomic mass is 10.1. The van der Waals surface area contributed by atoms with E-state index in [0.29, 0.717) is 24.3 Å². The zero-order chi connectivity index (χ0) is 11.1. The van der Waals surface area contributed by atoms with Gasteiger partial charge in [0.2, 0.25) is 0 Å². The van der Waals surface area contributed by atoms with Crippen molar-refractivity contribution in [2.24, 2.45) is 5.73 Å². The molecule has 0 aromatic carbocycles. The van der Waals surface area contributed by atoms with E-state index in [2.05, 4.69) is 4.98 Å². The van der Waals surface area contributed by atoms with Crippen LogP contribution in [0, 0.1) is 0 Å². The summed E-state index contributed by atoms with van der Waals surface area (Å²) in [5, 5.41) is 0. The van der Waals surface area contributed by atoms with Gasteiger partial charge in [0.05, 0.1) is 5.56 Å². The summed E-state index contributed by atoms with van der Waals surface area (Å²) in [6.45, 7) is 0.684. The highest BCUT2D eigenvalue weighted by Gasteiger charge is 2.08. The molecular weight excluding hydrogens is 190 g/mol. The third-order valence-electron chi connectivity index (χ3n) is 2.25. The van der Waals surface area contributed by atoms with Crippen molar-refractivity contribution in [2.45, 2.75) is 25.7 Å². The molecule has 0 radical (unpaired) electrons. The molecule has 0 saturated carbocycles. The summed E-state index contributed by atoms with van der Waals surface area (Å²) in [5.74, 6) is 0.388. The standard InChI is InChI=1S/C11H17N3O/c12-7-3-1-2-6-10(15)9-5-4-8-14-11(9)13/h4-5,8H,1-3,6-7,12H2,(H2,13,14).